The fourth-order valence-electron chi connectivity index (χ4n) is 4.09. The van der Waals surface area contributed by atoms with Crippen LogP contribution in [0.2, 0.25) is 0 Å². The standard InChI is InChI=1S/C21H28FN3O4/c1-20(2,3)29-19(28)23-12-15-8-4-5-10-21(15)17(26)25(18(27)24-21)13-14-7-6-9-16(22)11-14/h6-7,9,11,15H,4-5,8,10,12-13H2,1-3H3,(H,23,28)(H,24,27)/t15-,21-/m1/s1. The molecule has 0 unspecified atom stereocenters. The van der Waals surface area contributed by atoms with E-state index < -0.39 is 29.1 Å². The van der Waals surface area contributed by atoms with Crippen LogP contribution in [0.5, 0.6) is 0 Å². The smallest absolute Gasteiger partial charge is 0.407 e. The van der Waals surface area contributed by atoms with Crippen molar-refractivity contribution in [2.24, 2.45) is 5.92 Å². The first-order chi connectivity index (χ1) is 13.6. The minimum absolute atomic E-state index is 0.0103. The highest BCUT2D eigenvalue weighted by atomic mass is 19.1. The van der Waals surface area contributed by atoms with E-state index >= 15 is 0 Å². The van der Waals surface area contributed by atoms with Crippen LogP contribution in [-0.4, -0.2) is 40.6 Å². The van der Waals surface area contributed by atoms with Crippen molar-refractivity contribution in [3.8, 4) is 0 Å². The van der Waals surface area contributed by atoms with Crippen molar-refractivity contribution >= 4 is 18.0 Å². The Labute approximate surface area is 170 Å². The minimum atomic E-state index is -1.04. The maximum atomic E-state index is 13.5. The number of carbonyl (C=O) groups is 3. The maximum absolute atomic E-state index is 13.5. The molecular formula is C21H28FN3O4. The molecule has 3 rings (SSSR count). The predicted molar refractivity (Wildman–Crippen MR) is 104 cm³/mol. The van der Waals surface area contributed by atoms with Crippen molar-refractivity contribution < 1.29 is 23.5 Å². The second kappa shape index (κ2) is 8.00. The first-order valence-corrected chi connectivity index (χ1v) is 9.96. The van der Waals surface area contributed by atoms with Gasteiger partial charge in [0.2, 0.25) is 0 Å². The van der Waals surface area contributed by atoms with Crippen LogP contribution >= 0.6 is 0 Å². The largest absolute Gasteiger partial charge is 0.444 e. The van der Waals surface area contributed by atoms with Crippen LogP contribution in [-0.2, 0) is 16.1 Å². The first-order valence-electron chi connectivity index (χ1n) is 9.96. The number of urea groups is 1. The van der Waals surface area contributed by atoms with Gasteiger partial charge >= 0.3 is 12.1 Å². The van der Waals surface area contributed by atoms with Crippen molar-refractivity contribution in [1.82, 2.24) is 15.5 Å². The molecule has 1 heterocycles. The van der Waals surface area contributed by atoms with Gasteiger partial charge in [0.05, 0.1) is 6.54 Å². The summed E-state index contributed by atoms with van der Waals surface area (Å²) in [4.78, 5) is 39.1. The second-order valence-electron chi connectivity index (χ2n) is 8.75. The van der Waals surface area contributed by atoms with Gasteiger partial charge in [-0.3, -0.25) is 9.69 Å². The number of nitrogens with one attached hydrogen (secondary N) is 2. The Bertz CT molecular complexity index is 807. The number of hydrogen-bond acceptors (Lipinski definition) is 4. The van der Waals surface area contributed by atoms with E-state index in [0.29, 0.717) is 18.4 Å². The Hall–Kier alpha value is -2.64. The average Bonchev–Trinajstić information content (AvgIpc) is 2.84. The molecule has 1 saturated carbocycles. The first kappa shape index (κ1) is 21.1. The van der Waals surface area contributed by atoms with Crippen LogP contribution in [0.25, 0.3) is 0 Å². The number of nitrogens with zero attached hydrogens (tertiary/aromatic N) is 1. The molecule has 29 heavy (non-hydrogen) atoms. The molecule has 0 bridgehead atoms. The normalized spacial score (nSPS) is 24.6. The molecule has 0 aromatic heterocycles. The highest BCUT2D eigenvalue weighted by Crippen LogP contribution is 2.38. The molecule has 2 atom stereocenters. The summed E-state index contributed by atoms with van der Waals surface area (Å²) in [7, 11) is 0. The van der Waals surface area contributed by atoms with Crippen LogP contribution in [0.4, 0.5) is 14.0 Å². The fraction of sp³-hybridized carbons (Fsp3) is 0.571. The van der Waals surface area contributed by atoms with Crippen molar-refractivity contribution in [2.75, 3.05) is 6.54 Å². The van der Waals surface area contributed by atoms with Crippen LogP contribution in [0, 0.1) is 11.7 Å². The minimum Gasteiger partial charge on any atom is -0.444 e. The van der Waals surface area contributed by atoms with Gasteiger partial charge in [0.1, 0.15) is 17.0 Å². The lowest BCUT2D eigenvalue weighted by molar-refractivity contribution is -0.134. The van der Waals surface area contributed by atoms with E-state index in [4.69, 9.17) is 4.74 Å². The fourth-order valence-corrected chi connectivity index (χ4v) is 4.09. The van der Waals surface area contributed by atoms with Gasteiger partial charge in [-0.05, 0) is 51.3 Å². The van der Waals surface area contributed by atoms with Crippen molar-refractivity contribution in [1.29, 1.82) is 0 Å². The van der Waals surface area contributed by atoms with Gasteiger partial charge in [-0.1, -0.05) is 25.0 Å². The Morgan fingerprint density at radius 1 is 1.34 bits per heavy atom. The van der Waals surface area contributed by atoms with Crippen molar-refractivity contribution in [3.05, 3.63) is 35.6 Å². The van der Waals surface area contributed by atoms with E-state index in [0.717, 1.165) is 17.7 Å². The third-order valence-electron chi connectivity index (χ3n) is 5.39. The molecule has 8 heteroatoms. The van der Waals surface area contributed by atoms with E-state index in [1.165, 1.54) is 12.1 Å². The molecule has 2 fully saturated rings. The summed E-state index contributed by atoms with van der Waals surface area (Å²) in [5.41, 5.74) is -1.12. The molecule has 2 N–H and O–H groups in total. The van der Waals surface area contributed by atoms with Crippen molar-refractivity contribution in [2.45, 2.75) is 64.1 Å². The lowest BCUT2D eigenvalue weighted by Crippen LogP contribution is -2.57. The summed E-state index contributed by atoms with van der Waals surface area (Å²) in [5.74, 6) is -0.971. The molecule has 158 valence electrons. The van der Waals surface area contributed by atoms with Gasteiger partial charge in [-0.15, -0.1) is 0 Å². The summed E-state index contributed by atoms with van der Waals surface area (Å²) in [5, 5.41) is 5.61. The van der Waals surface area contributed by atoms with E-state index in [9.17, 15) is 18.8 Å². The van der Waals surface area contributed by atoms with Crippen LogP contribution in [0.3, 0.4) is 0 Å². The van der Waals surface area contributed by atoms with E-state index in [1.54, 1.807) is 32.9 Å². The number of alkyl carbamates (subject to hydrolysis) is 1. The quantitative estimate of drug-likeness (QED) is 0.752. The molecule has 1 aromatic rings. The average molecular weight is 405 g/mol. The molecule has 1 aromatic carbocycles. The van der Waals surface area contributed by atoms with E-state index in [-0.39, 0.29) is 24.9 Å². The highest BCUT2D eigenvalue weighted by Gasteiger charge is 2.56. The van der Waals surface area contributed by atoms with E-state index in [2.05, 4.69) is 10.6 Å². The Morgan fingerprint density at radius 3 is 2.79 bits per heavy atom. The number of benzene rings is 1. The number of ether oxygens (including phenoxy) is 1. The highest BCUT2D eigenvalue weighted by molar-refractivity contribution is 6.07. The summed E-state index contributed by atoms with van der Waals surface area (Å²) < 4.78 is 18.8. The Morgan fingerprint density at radius 2 is 2.10 bits per heavy atom. The monoisotopic (exact) mass is 405 g/mol. The zero-order valence-corrected chi connectivity index (χ0v) is 17.1. The molecule has 2 aliphatic rings. The van der Waals surface area contributed by atoms with Gasteiger partial charge in [0.15, 0.2) is 0 Å². The molecule has 4 amide bonds. The van der Waals surface area contributed by atoms with Gasteiger partial charge in [0.25, 0.3) is 5.91 Å². The van der Waals surface area contributed by atoms with Gasteiger partial charge < -0.3 is 15.4 Å². The second-order valence-corrected chi connectivity index (χ2v) is 8.75. The Balaban J connectivity index is 1.73. The van der Waals surface area contributed by atoms with Gasteiger partial charge in [-0.2, -0.15) is 0 Å². The number of carbonyl (C=O) groups excluding carboxylic acids is 3. The summed E-state index contributed by atoms with van der Waals surface area (Å²) in [6.45, 7) is 5.57. The van der Waals surface area contributed by atoms with Gasteiger partial charge in [0, 0.05) is 12.5 Å². The molecular weight excluding hydrogens is 377 g/mol. The van der Waals surface area contributed by atoms with E-state index in [1.807, 2.05) is 0 Å². The number of amides is 4. The predicted octanol–water partition coefficient (Wildman–Crippen LogP) is 3.33. The van der Waals surface area contributed by atoms with Crippen molar-refractivity contribution in [3.63, 3.8) is 0 Å². The lowest BCUT2D eigenvalue weighted by atomic mass is 9.72. The molecule has 7 nitrogen and oxygen atoms in total. The molecule has 1 saturated heterocycles. The number of imide groups is 1. The molecule has 0 radical (unpaired) electrons. The summed E-state index contributed by atoms with van der Waals surface area (Å²) >= 11 is 0. The third kappa shape index (κ3) is 4.68. The maximum Gasteiger partial charge on any atom is 0.407 e. The van der Waals surface area contributed by atoms with Crippen LogP contribution < -0.4 is 10.6 Å². The van der Waals surface area contributed by atoms with Crippen LogP contribution in [0.15, 0.2) is 24.3 Å². The third-order valence-corrected chi connectivity index (χ3v) is 5.39. The zero-order valence-electron chi connectivity index (χ0n) is 17.1. The zero-order chi connectivity index (χ0) is 21.2. The number of halogens is 1. The number of hydrogen-bond donors (Lipinski definition) is 2. The topological polar surface area (TPSA) is 87.7 Å². The Kier molecular flexibility index (Phi) is 5.82. The van der Waals surface area contributed by atoms with Crippen LogP contribution in [0.1, 0.15) is 52.0 Å². The molecule has 1 aliphatic carbocycles. The molecule has 1 aliphatic heterocycles. The SMILES string of the molecule is CC(C)(C)OC(=O)NC[C@H]1CCCC[C@@]12NC(=O)N(Cc1cccc(F)c1)C2=O. The summed E-state index contributed by atoms with van der Waals surface area (Å²) in [6.07, 6.45) is 2.39. The number of rotatable bonds is 4. The lowest BCUT2D eigenvalue weighted by Gasteiger charge is -2.39. The molecule has 1 spiro atoms. The van der Waals surface area contributed by atoms with Gasteiger partial charge in [-0.25, -0.2) is 14.0 Å². The summed E-state index contributed by atoms with van der Waals surface area (Å²) in [6, 6.07) is 5.37.